The standard InChI is InChI=1S/C11H20N2O/c12-9-6-5-8(7-9)11(14)13-10-3-1-2-4-10/h8-10H,1-7,12H2,(H,13,14). The second-order valence-electron chi connectivity index (χ2n) is 4.76. The Kier molecular flexibility index (Phi) is 3.06. The molecule has 1 amide bonds. The van der Waals surface area contributed by atoms with Crippen LogP contribution in [0, 0.1) is 5.92 Å². The van der Waals surface area contributed by atoms with Crippen molar-refractivity contribution in [3.63, 3.8) is 0 Å². The summed E-state index contributed by atoms with van der Waals surface area (Å²) >= 11 is 0. The average Bonchev–Trinajstić information content (AvgIpc) is 2.75. The predicted octanol–water partition coefficient (Wildman–Crippen LogP) is 1.17. The van der Waals surface area contributed by atoms with Crippen LogP contribution in [0.2, 0.25) is 0 Å². The maximum Gasteiger partial charge on any atom is 0.223 e. The van der Waals surface area contributed by atoms with Crippen LogP contribution >= 0.6 is 0 Å². The highest BCUT2D eigenvalue weighted by Crippen LogP contribution is 2.25. The van der Waals surface area contributed by atoms with Crippen LogP contribution in [-0.2, 0) is 4.79 Å². The molecule has 2 aliphatic rings. The number of rotatable bonds is 2. The van der Waals surface area contributed by atoms with E-state index in [-0.39, 0.29) is 17.9 Å². The van der Waals surface area contributed by atoms with E-state index in [9.17, 15) is 4.79 Å². The molecule has 0 saturated heterocycles. The minimum atomic E-state index is 0.200. The summed E-state index contributed by atoms with van der Waals surface area (Å²) in [5.41, 5.74) is 5.79. The van der Waals surface area contributed by atoms with E-state index in [0.717, 1.165) is 19.3 Å². The van der Waals surface area contributed by atoms with E-state index in [2.05, 4.69) is 5.32 Å². The van der Waals surface area contributed by atoms with E-state index in [1.54, 1.807) is 0 Å². The van der Waals surface area contributed by atoms with Gasteiger partial charge in [-0.2, -0.15) is 0 Å². The molecule has 2 saturated carbocycles. The van der Waals surface area contributed by atoms with Crippen LogP contribution < -0.4 is 11.1 Å². The van der Waals surface area contributed by atoms with Crippen molar-refractivity contribution in [2.24, 2.45) is 11.7 Å². The van der Waals surface area contributed by atoms with Crippen molar-refractivity contribution < 1.29 is 4.79 Å². The van der Waals surface area contributed by atoms with Gasteiger partial charge in [-0.1, -0.05) is 12.8 Å². The molecule has 0 radical (unpaired) electrons. The number of hydrogen-bond donors (Lipinski definition) is 2. The average molecular weight is 196 g/mol. The predicted molar refractivity (Wildman–Crippen MR) is 55.7 cm³/mol. The Balaban J connectivity index is 1.77. The number of amides is 1. The molecule has 2 fully saturated rings. The minimum Gasteiger partial charge on any atom is -0.353 e. The first kappa shape index (κ1) is 9.97. The van der Waals surface area contributed by atoms with Gasteiger partial charge in [-0.05, 0) is 32.1 Å². The maximum absolute atomic E-state index is 11.8. The Bertz CT molecular complexity index is 211. The van der Waals surface area contributed by atoms with E-state index < -0.39 is 0 Å². The van der Waals surface area contributed by atoms with Gasteiger partial charge in [0.1, 0.15) is 0 Å². The van der Waals surface area contributed by atoms with Crippen LogP contribution in [0.5, 0.6) is 0 Å². The van der Waals surface area contributed by atoms with Gasteiger partial charge < -0.3 is 11.1 Å². The van der Waals surface area contributed by atoms with Gasteiger partial charge in [-0.3, -0.25) is 4.79 Å². The molecule has 0 spiro atoms. The number of carbonyl (C=O) groups excluding carboxylic acids is 1. The van der Waals surface area contributed by atoms with E-state index in [1.165, 1.54) is 25.7 Å². The van der Waals surface area contributed by atoms with E-state index in [0.29, 0.717) is 6.04 Å². The fourth-order valence-corrected chi connectivity index (χ4v) is 2.64. The second kappa shape index (κ2) is 4.30. The molecule has 0 aromatic rings. The summed E-state index contributed by atoms with van der Waals surface area (Å²) in [6.07, 6.45) is 7.78. The van der Waals surface area contributed by atoms with Crippen molar-refractivity contribution in [2.75, 3.05) is 0 Å². The minimum absolute atomic E-state index is 0.200. The van der Waals surface area contributed by atoms with Crippen LogP contribution in [0.4, 0.5) is 0 Å². The van der Waals surface area contributed by atoms with Gasteiger partial charge >= 0.3 is 0 Å². The van der Waals surface area contributed by atoms with Gasteiger partial charge in [0.05, 0.1) is 0 Å². The summed E-state index contributed by atoms with van der Waals surface area (Å²) in [7, 11) is 0. The fraction of sp³-hybridized carbons (Fsp3) is 0.909. The quantitative estimate of drug-likeness (QED) is 0.696. The first-order valence-electron chi connectivity index (χ1n) is 5.81. The Hall–Kier alpha value is -0.570. The molecule has 0 heterocycles. The summed E-state index contributed by atoms with van der Waals surface area (Å²) in [5.74, 6) is 0.454. The molecule has 0 aromatic carbocycles. The summed E-state index contributed by atoms with van der Waals surface area (Å²) in [4.78, 5) is 11.8. The number of nitrogens with one attached hydrogen (secondary N) is 1. The molecule has 3 nitrogen and oxygen atoms in total. The molecule has 0 aromatic heterocycles. The molecular formula is C11H20N2O. The number of carbonyl (C=O) groups is 1. The Labute approximate surface area is 85.4 Å². The molecule has 2 unspecified atom stereocenters. The number of nitrogens with two attached hydrogens (primary N) is 1. The zero-order valence-corrected chi connectivity index (χ0v) is 8.67. The van der Waals surface area contributed by atoms with Crippen LogP contribution in [0.1, 0.15) is 44.9 Å². The van der Waals surface area contributed by atoms with Gasteiger partial charge in [0.25, 0.3) is 0 Å². The molecular weight excluding hydrogens is 176 g/mol. The molecule has 3 N–H and O–H groups in total. The SMILES string of the molecule is NC1CCC(C(=O)NC2CCCC2)C1. The summed E-state index contributed by atoms with van der Waals surface area (Å²) in [5, 5.41) is 3.15. The summed E-state index contributed by atoms with van der Waals surface area (Å²) in [6.45, 7) is 0. The van der Waals surface area contributed by atoms with Crippen LogP contribution in [0.15, 0.2) is 0 Å². The molecule has 80 valence electrons. The Morgan fingerprint density at radius 3 is 2.43 bits per heavy atom. The van der Waals surface area contributed by atoms with Crippen molar-refractivity contribution in [1.29, 1.82) is 0 Å². The maximum atomic E-state index is 11.8. The second-order valence-corrected chi connectivity index (χ2v) is 4.76. The first-order chi connectivity index (χ1) is 6.75. The third kappa shape index (κ3) is 2.27. The molecule has 2 aliphatic carbocycles. The lowest BCUT2D eigenvalue weighted by atomic mass is 10.1. The fourth-order valence-electron chi connectivity index (χ4n) is 2.64. The summed E-state index contributed by atoms with van der Waals surface area (Å²) < 4.78 is 0. The van der Waals surface area contributed by atoms with Gasteiger partial charge in [0.2, 0.25) is 5.91 Å². The molecule has 0 bridgehead atoms. The van der Waals surface area contributed by atoms with Crippen molar-refractivity contribution in [3.8, 4) is 0 Å². The zero-order chi connectivity index (χ0) is 9.97. The van der Waals surface area contributed by atoms with Gasteiger partial charge in [-0.15, -0.1) is 0 Å². The van der Waals surface area contributed by atoms with Crippen molar-refractivity contribution in [1.82, 2.24) is 5.32 Å². The molecule has 2 atom stereocenters. The van der Waals surface area contributed by atoms with Crippen LogP contribution in [-0.4, -0.2) is 18.0 Å². The summed E-state index contributed by atoms with van der Waals surface area (Å²) in [6, 6.07) is 0.716. The van der Waals surface area contributed by atoms with Crippen molar-refractivity contribution in [3.05, 3.63) is 0 Å². The molecule has 3 heteroatoms. The van der Waals surface area contributed by atoms with Gasteiger partial charge in [0.15, 0.2) is 0 Å². The monoisotopic (exact) mass is 196 g/mol. The van der Waals surface area contributed by atoms with Crippen molar-refractivity contribution in [2.45, 2.75) is 57.0 Å². The van der Waals surface area contributed by atoms with Crippen LogP contribution in [0.3, 0.4) is 0 Å². The highest BCUT2D eigenvalue weighted by atomic mass is 16.1. The van der Waals surface area contributed by atoms with Gasteiger partial charge in [-0.25, -0.2) is 0 Å². The Morgan fingerprint density at radius 2 is 1.86 bits per heavy atom. The Morgan fingerprint density at radius 1 is 1.14 bits per heavy atom. The molecule has 14 heavy (non-hydrogen) atoms. The van der Waals surface area contributed by atoms with Crippen LogP contribution in [0.25, 0.3) is 0 Å². The van der Waals surface area contributed by atoms with E-state index in [4.69, 9.17) is 5.73 Å². The lowest BCUT2D eigenvalue weighted by Gasteiger charge is -2.15. The smallest absolute Gasteiger partial charge is 0.223 e. The topological polar surface area (TPSA) is 55.1 Å². The largest absolute Gasteiger partial charge is 0.353 e. The lowest BCUT2D eigenvalue weighted by molar-refractivity contribution is -0.125. The van der Waals surface area contributed by atoms with E-state index in [1.807, 2.05) is 0 Å². The molecule has 2 rings (SSSR count). The first-order valence-corrected chi connectivity index (χ1v) is 5.81. The normalized spacial score (nSPS) is 33.5. The zero-order valence-electron chi connectivity index (χ0n) is 8.67. The van der Waals surface area contributed by atoms with Crippen molar-refractivity contribution >= 4 is 5.91 Å². The highest BCUT2D eigenvalue weighted by Gasteiger charge is 2.29. The third-order valence-corrected chi connectivity index (χ3v) is 3.55. The third-order valence-electron chi connectivity index (χ3n) is 3.55. The van der Waals surface area contributed by atoms with E-state index >= 15 is 0 Å². The van der Waals surface area contributed by atoms with Gasteiger partial charge in [0, 0.05) is 18.0 Å². The highest BCUT2D eigenvalue weighted by molar-refractivity contribution is 5.79. The number of hydrogen-bond acceptors (Lipinski definition) is 2. The lowest BCUT2D eigenvalue weighted by Crippen LogP contribution is -2.37. The molecule has 0 aliphatic heterocycles.